The summed E-state index contributed by atoms with van der Waals surface area (Å²) in [7, 11) is 0. The normalized spacial score (nSPS) is 28.7. The second-order valence-electron chi connectivity index (χ2n) is 6.40. The molecule has 5 rings (SSSR count). The van der Waals surface area contributed by atoms with Crippen LogP contribution in [0.5, 0.6) is 0 Å². The van der Waals surface area contributed by atoms with Crippen LogP contribution in [0.3, 0.4) is 0 Å². The van der Waals surface area contributed by atoms with Crippen molar-refractivity contribution in [2.24, 2.45) is 5.92 Å². The molecule has 1 aromatic heterocycles. The van der Waals surface area contributed by atoms with Crippen LogP contribution < -0.4 is 5.32 Å². The minimum absolute atomic E-state index is 0.0852. The highest BCUT2D eigenvalue weighted by atomic mass is 32.2. The van der Waals surface area contributed by atoms with Crippen molar-refractivity contribution in [3.63, 3.8) is 0 Å². The lowest BCUT2D eigenvalue weighted by molar-refractivity contribution is 0.0217. The largest absolute Gasteiger partial charge is 0.345 e. The highest BCUT2D eigenvalue weighted by molar-refractivity contribution is 8.01. The van der Waals surface area contributed by atoms with E-state index in [4.69, 9.17) is 0 Å². The van der Waals surface area contributed by atoms with Gasteiger partial charge in [-0.15, -0.1) is 10.2 Å². The molecular weight excluding hydrogens is 340 g/mol. The van der Waals surface area contributed by atoms with Gasteiger partial charge >= 0.3 is 0 Å². The third-order valence-electron chi connectivity index (χ3n) is 5.02. The van der Waals surface area contributed by atoms with E-state index in [1.165, 1.54) is 24.2 Å². The summed E-state index contributed by atoms with van der Waals surface area (Å²) in [6.07, 6.45) is 2.36. The Balaban J connectivity index is 1.42. The van der Waals surface area contributed by atoms with Gasteiger partial charge in [-0.2, -0.15) is 0 Å². The molecule has 3 fully saturated rings. The van der Waals surface area contributed by atoms with E-state index in [2.05, 4.69) is 27.3 Å². The number of amides is 1. The smallest absolute Gasteiger partial charge is 0.282 e. The predicted octanol–water partition coefficient (Wildman–Crippen LogP) is 2.90. The number of hydrogen-bond acceptors (Lipinski definition) is 6. The van der Waals surface area contributed by atoms with Crippen LogP contribution in [0.2, 0.25) is 0 Å². The zero-order chi connectivity index (χ0) is 16.5. The maximum Gasteiger partial charge on any atom is 0.282 e. The molecule has 24 heavy (non-hydrogen) atoms. The molecule has 126 valence electrons. The molecule has 3 aliphatic heterocycles. The van der Waals surface area contributed by atoms with E-state index in [9.17, 15) is 4.79 Å². The van der Waals surface area contributed by atoms with Crippen molar-refractivity contribution in [1.82, 2.24) is 20.4 Å². The average Bonchev–Trinajstić information content (AvgIpc) is 3.08. The van der Waals surface area contributed by atoms with Crippen molar-refractivity contribution >= 4 is 29.0 Å². The quantitative estimate of drug-likeness (QED) is 0.908. The van der Waals surface area contributed by atoms with Crippen molar-refractivity contribution < 1.29 is 4.79 Å². The molecule has 2 atom stereocenters. The van der Waals surface area contributed by atoms with E-state index in [-0.39, 0.29) is 11.9 Å². The fourth-order valence-electron chi connectivity index (χ4n) is 3.69. The van der Waals surface area contributed by atoms with E-state index in [1.807, 2.05) is 30.3 Å². The first-order valence-corrected chi connectivity index (χ1v) is 9.95. The summed E-state index contributed by atoms with van der Waals surface area (Å²) >= 11 is 2.90. The number of aromatic nitrogens is 2. The Morgan fingerprint density at radius 2 is 2.00 bits per heavy atom. The van der Waals surface area contributed by atoms with Crippen molar-refractivity contribution in [2.45, 2.75) is 41.1 Å². The van der Waals surface area contributed by atoms with Crippen LogP contribution in [-0.2, 0) is 0 Å². The van der Waals surface area contributed by atoms with Crippen LogP contribution in [0.1, 0.15) is 29.6 Å². The maximum atomic E-state index is 12.6. The van der Waals surface area contributed by atoms with Crippen LogP contribution in [0.25, 0.3) is 0 Å². The maximum absolute atomic E-state index is 12.6. The van der Waals surface area contributed by atoms with E-state index >= 15 is 0 Å². The summed E-state index contributed by atoms with van der Waals surface area (Å²) in [6, 6.07) is 10.7. The Hall–Kier alpha value is -1.44. The van der Waals surface area contributed by atoms with E-state index in [1.54, 1.807) is 11.8 Å². The van der Waals surface area contributed by atoms with E-state index in [0.717, 1.165) is 22.3 Å². The van der Waals surface area contributed by atoms with Crippen molar-refractivity contribution in [3.8, 4) is 0 Å². The Morgan fingerprint density at radius 3 is 2.71 bits per heavy atom. The summed E-state index contributed by atoms with van der Waals surface area (Å²) in [5.41, 5.74) is 0. The second-order valence-corrected chi connectivity index (χ2v) is 8.70. The standard InChI is InChI=1S/C17H20N4OS2/c1-11-14(12-7-9-21(11)10-8-12)18-15(22)16-19-20-17(24-16)23-13-5-3-2-4-6-13/h2-6,11-12,14H,7-10H2,1H3,(H,18,22). The fraction of sp³-hybridized carbons (Fsp3) is 0.471. The second kappa shape index (κ2) is 6.82. The average molecular weight is 361 g/mol. The summed E-state index contributed by atoms with van der Waals surface area (Å²) in [6.45, 7) is 4.54. The summed E-state index contributed by atoms with van der Waals surface area (Å²) < 4.78 is 0.799. The first-order valence-electron chi connectivity index (χ1n) is 8.32. The van der Waals surface area contributed by atoms with Gasteiger partial charge in [0, 0.05) is 17.0 Å². The van der Waals surface area contributed by atoms with Gasteiger partial charge in [0.25, 0.3) is 5.91 Å². The minimum atomic E-state index is -0.0852. The molecule has 1 aromatic carbocycles. The molecule has 1 amide bonds. The summed E-state index contributed by atoms with van der Waals surface area (Å²) in [5.74, 6) is 0.512. The number of piperidine rings is 3. The topological polar surface area (TPSA) is 58.1 Å². The molecule has 0 radical (unpaired) electrons. The Morgan fingerprint density at radius 1 is 1.25 bits per heavy atom. The Kier molecular flexibility index (Phi) is 4.56. The highest BCUT2D eigenvalue weighted by Crippen LogP contribution is 2.33. The van der Waals surface area contributed by atoms with Gasteiger partial charge < -0.3 is 5.32 Å². The van der Waals surface area contributed by atoms with Gasteiger partial charge in [-0.1, -0.05) is 41.3 Å². The first kappa shape index (κ1) is 16.1. The van der Waals surface area contributed by atoms with Crippen molar-refractivity contribution in [3.05, 3.63) is 35.3 Å². The van der Waals surface area contributed by atoms with E-state index in [0.29, 0.717) is 17.0 Å². The molecule has 2 aromatic rings. The van der Waals surface area contributed by atoms with Crippen molar-refractivity contribution in [2.75, 3.05) is 13.1 Å². The number of fused-ring (bicyclic) bond motifs is 3. The number of carbonyl (C=O) groups is 1. The Labute approximate surface area is 149 Å². The van der Waals surface area contributed by atoms with Crippen LogP contribution in [-0.4, -0.2) is 46.2 Å². The van der Waals surface area contributed by atoms with Gasteiger partial charge in [0.2, 0.25) is 5.01 Å². The number of carbonyl (C=O) groups excluding carboxylic acids is 1. The summed E-state index contributed by atoms with van der Waals surface area (Å²) in [4.78, 5) is 16.1. The highest BCUT2D eigenvalue weighted by Gasteiger charge is 2.40. The molecule has 0 spiro atoms. The van der Waals surface area contributed by atoms with Gasteiger partial charge in [-0.25, -0.2) is 0 Å². The molecular formula is C17H20N4OS2. The zero-order valence-corrected chi connectivity index (χ0v) is 15.1. The van der Waals surface area contributed by atoms with Crippen LogP contribution in [0, 0.1) is 5.92 Å². The lowest BCUT2D eigenvalue weighted by Gasteiger charge is -2.49. The molecule has 1 N–H and O–H groups in total. The van der Waals surface area contributed by atoms with Gasteiger partial charge in [-0.3, -0.25) is 9.69 Å². The molecule has 5 nitrogen and oxygen atoms in total. The molecule has 4 heterocycles. The fourth-order valence-corrected chi connectivity index (χ4v) is 5.44. The SMILES string of the molecule is CC1C(NC(=O)c2nnc(Sc3ccccc3)s2)C2CCN1CC2. The summed E-state index contributed by atoms with van der Waals surface area (Å²) in [5, 5.41) is 11.9. The number of nitrogens with zero attached hydrogens (tertiary/aromatic N) is 3. The van der Waals surface area contributed by atoms with Gasteiger partial charge in [0.05, 0.1) is 0 Å². The van der Waals surface area contributed by atoms with Gasteiger partial charge in [0.15, 0.2) is 4.34 Å². The molecule has 3 saturated heterocycles. The number of rotatable bonds is 4. The lowest BCUT2D eigenvalue weighted by atomic mass is 9.79. The van der Waals surface area contributed by atoms with Gasteiger partial charge in [0.1, 0.15) is 0 Å². The Bertz CT molecular complexity index is 710. The van der Waals surface area contributed by atoms with E-state index < -0.39 is 0 Å². The predicted molar refractivity (Wildman–Crippen MR) is 95.5 cm³/mol. The van der Waals surface area contributed by atoms with Crippen LogP contribution in [0.15, 0.2) is 39.6 Å². The third-order valence-corrected chi connectivity index (χ3v) is 7.01. The van der Waals surface area contributed by atoms with Gasteiger partial charge in [-0.05, 0) is 50.9 Å². The monoisotopic (exact) mass is 360 g/mol. The zero-order valence-electron chi connectivity index (χ0n) is 13.5. The molecule has 3 aliphatic rings. The number of hydrogen-bond donors (Lipinski definition) is 1. The number of benzene rings is 1. The first-order chi connectivity index (χ1) is 11.7. The van der Waals surface area contributed by atoms with Crippen molar-refractivity contribution in [1.29, 1.82) is 0 Å². The lowest BCUT2D eigenvalue weighted by Crippen LogP contribution is -2.62. The van der Waals surface area contributed by atoms with Crippen LogP contribution in [0.4, 0.5) is 0 Å². The molecule has 0 aliphatic carbocycles. The molecule has 2 bridgehead atoms. The molecule has 0 saturated carbocycles. The molecule has 2 unspecified atom stereocenters. The third kappa shape index (κ3) is 3.20. The van der Waals surface area contributed by atoms with Crippen LogP contribution >= 0.6 is 23.1 Å². The molecule has 7 heteroatoms. The minimum Gasteiger partial charge on any atom is -0.345 e. The number of nitrogens with one attached hydrogen (secondary N) is 1.